The Morgan fingerprint density at radius 3 is 2.47 bits per heavy atom. The first kappa shape index (κ1) is 13.8. The minimum atomic E-state index is -0.148. The molecule has 94 valence electrons. The second-order valence-corrected chi connectivity index (χ2v) is 5.47. The van der Waals surface area contributed by atoms with E-state index in [4.69, 9.17) is 0 Å². The maximum absolute atomic E-state index is 11.2. The van der Waals surface area contributed by atoms with Gasteiger partial charge in [-0.3, -0.25) is 4.79 Å². The molecule has 2 nitrogen and oxygen atoms in total. The minimum Gasteiger partial charge on any atom is -0.469 e. The molecule has 0 N–H and O–H groups in total. The molecule has 0 aliphatic carbocycles. The summed E-state index contributed by atoms with van der Waals surface area (Å²) >= 11 is 0. The lowest BCUT2D eigenvalue weighted by molar-refractivity contribution is -0.140. The predicted molar refractivity (Wildman–Crippen MR) is 70.2 cm³/mol. The summed E-state index contributed by atoms with van der Waals surface area (Å²) in [5, 5.41) is 0. The fourth-order valence-corrected chi connectivity index (χ4v) is 1.75. The van der Waals surface area contributed by atoms with Gasteiger partial charge in [0.1, 0.15) is 0 Å². The van der Waals surface area contributed by atoms with E-state index >= 15 is 0 Å². The van der Waals surface area contributed by atoms with Crippen molar-refractivity contribution in [3.8, 4) is 0 Å². The number of ether oxygens (including phenoxy) is 1. The second kappa shape index (κ2) is 5.35. The maximum Gasteiger partial charge on any atom is 0.305 e. The van der Waals surface area contributed by atoms with Gasteiger partial charge < -0.3 is 4.74 Å². The summed E-state index contributed by atoms with van der Waals surface area (Å²) in [6.45, 7) is 8.67. The first-order valence-corrected chi connectivity index (χ1v) is 6.01. The zero-order chi connectivity index (χ0) is 13.1. The molecule has 0 heterocycles. The Hall–Kier alpha value is -1.31. The smallest absolute Gasteiger partial charge is 0.305 e. The van der Waals surface area contributed by atoms with Crippen molar-refractivity contribution >= 4 is 5.97 Å². The van der Waals surface area contributed by atoms with Gasteiger partial charge in [-0.15, -0.1) is 0 Å². The van der Waals surface area contributed by atoms with E-state index in [1.807, 2.05) is 0 Å². The van der Waals surface area contributed by atoms with Gasteiger partial charge in [0.2, 0.25) is 0 Å². The second-order valence-electron chi connectivity index (χ2n) is 5.47. The molecule has 0 bridgehead atoms. The van der Waals surface area contributed by atoms with Crippen LogP contribution in [0.3, 0.4) is 0 Å². The number of carbonyl (C=O) groups excluding carboxylic acids is 1. The molecule has 1 rings (SSSR count). The van der Waals surface area contributed by atoms with Crippen LogP contribution in [0.4, 0.5) is 0 Å². The van der Waals surface area contributed by atoms with E-state index in [2.05, 4.69) is 50.6 Å². The number of esters is 1. The van der Waals surface area contributed by atoms with E-state index in [0.717, 1.165) is 6.42 Å². The third-order valence-corrected chi connectivity index (χ3v) is 3.04. The van der Waals surface area contributed by atoms with Crippen LogP contribution in [-0.2, 0) is 21.4 Å². The normalized spacial score (nSPS) is 11.4. The number of hydrogen-bond donors (Lipinski definition) is 0. The van der Waals surface area contributed by atoms with Gasteiger partial charge in [-0.2, -0.15) is 0 Å². The van der Waals surface area contributed by atoms with Crippen LogP contribution in [0.25, 0.3) is 0 Å². The molecule has 0 spiro atoms. The molecule has 0 unspecified atom stereocenters. The van der Waals surface area contributed by atoms with Crippen molar-refractivity contribution in [3.05, 3.63) is 34.9 Å². The van der Waals surface area contributed by atoms with Crippen LogP contribution in [0.5, 0.6) is 0 Å². The van der Waals surface area contributed by atoms with Crippen molar-refractivity contribution in [2.45, 2.75) is 46.0 Å². The van der Waals surface area contributed by atoms with Crippen molar-refractivity contribution < 1.29 is 9.53 Å². The SMILES string of the molecule is COC(=O)CCc1cc(C(C)(C)C)ccc1C. The van der Waals surface area contributed by atoms with Gasteiger partial charge >= 0.3 is 5.97 Å². The quantitative estimate of drug-likeness (QED) is 0.749. The third-order valence-electron chi connectivity index (χ3n) is 3.04. The molecular formula is C15H22O2. The Labute approximate surface area is 104 Å². The van der Waals surface area contributed by atoms with Crippen LogP contribution in [0.2, 0.25) is 0 Å². The third kappa shape index (κ3) is 3.88. The highest BCUT2D eigenvalue weighted by Gasteiger charge is 2.15. The Balaban J connectivity index is 2.88. The highest BCUT2D eigenvalue weighted by atomic mass is 16.5. The highest BCUT2D eigenvalue weighted by Crippen LogP contribution is 2.25. The van der Waals surface area contributed by atoms with Crippen LogP contribution in [0, 0.1) is 6.92 Å². The van der Waals surface area contributed by atoms with Crippen LogP contribution in [0.1, 0.15) is 43.9 Å². The van der Waals surface area contributed by atoms with Crippen LogP contribution >= 0.6 is 0 Å². The van der Waals surface area contributed by atoms with E-state index in [0.29, 0.717) is 6.42 Å². The molecule has 0 saturated carbocycles. The molecule has 0 aliphatic heterocycles. The molecule has 2 heteroatoms. The average molecular weight is 234 g/mol. The predicted octanol–water partition coefficient (Wildman–Crippen LogP) is 3.40. The molecule has 17 heavy (non-hydrogen) atoms. The van der Waals surface area contributed by atoms with Gasteiger partial charge in [-0.05, 0) is 35.4 Å². The van der Waals surface area contributed by atoms with Crippen molar-refractivity contribution in [2.24, 2.45) is 0 Å². The number of rotatable bonds is 3. The molecule has 0 aliphatic rings. The van der Waals surface area contributed by atoms with Gasteiger partial charge in [0, 0.05) is 6.42 Å². The van der Waals surface area contributed by atoms with Crippen molar-refractivity contribution in [3.63, 3.8) is 0 Å². The minimum absolute atomic E-state index is 0.147. The van der Waals surface area contributed by atoms with Gasteiger partial charge in [-0.25, -0.2) is 0 Å². The largest absolute Gasteiger partial charge is 0.469 e. The van der Waals surface area contributed by atoms with E-state index in [-0.39, 0.29) is 11.4 Å². The standard InChI is InChI=1S/C15H22O2/c1-11-6-8-13(15(2,3)4)10-12(11)7-9-14(16)17-5/h6,8,10H,7,9H2,1-5H3. The zero-order valence-electron chi connectivity index (χ0n) is 11.5. The lowest BCUT2D eigenvalue weighted by atomic mass is 9.85. The summed E-state index contributed by atoms with van der Waals surface area (Å²) in [7, 11) is 1.43. The highest BCUT2D eigenvalue weighted by molar-refractivity contribution is 5.69. The summed E-state index contributed by atoms with van der Waals surface area (Å²) in [6.07, 6.45) is 1.20. The molecule has 0 saturated heterocycles. The van der Waals surface area contributed by atoms with Gasteiger partial charge in [0.05, 0.1) is 7.11 Å². The Kier molecular flexibility index (Phi) is 4.33. The number of benzene rings is 1. The zero-order valence-corrected chi connectivity index (χ0v) is 11.5. The lowest BCUT2D eigenvalue weighted by Crippen LogP contribution is -2.12. The summed E-state index contributed by atoms with van der Waals surface area (Å²) in [4.78, 5) is 11.2. The van der Waals surface area contributed by atoms with E-state index in [1.165, 1.54) is 23.8 Å². The Bertz CT molecular complexity index is 400. The van der Waals surface area contributed by atoms with E-state index in [1.54, 1.807) is 0 Å². The fraction of sp³-hybridized carbons (Fsp3) is 0.533. The molecule has 0 aromatic heterocycles. The summed E-state index contributed by atoms with van der Waals surface area (Å²) in [6, 6.07) is 6.50. The van der Waals surface area contributed by atoms with Crippen LogP contribution in [0.15, 0.2) is 18.2 Å². The summed E-state index contributed by atoms with van der Waals surface area (Å²) in [5.41, 5.74) is 3.93. The first-order valence-electron chi connectivity index (χ1n) is 6.01. The van der Waals surface area contributed by atoms with Crippen LogP contribution in [-0.4, -0.2) is 13.1 Å². The molecule has 0 atom stereocenters. The average Bonchev–Trinajstić information content (AvgIpc) is 2.26. The van der Waals surface area contributed by atoms with Crippen molar-refractivity contribution in [2.75, 3.05) is 7.11 Å². The summed E-state index contributed by atoms with van der Waals surface area (Å²) < 4.78 is 4.67. The van der Waals surface area contributed by atoms with E-state index in [9.17, 15) is 4.79 Å². The number of carbonyl (C=O) groups is 1. The monoisotopic (exact) mass is 234 g/mol. The number of aryl methyl sites for hydroxylation is 2. The van der Waals surface area contributed by atoms with Crippen molar-refractivity contribution in [1.29, 1.82) is 0 Å². The molecule has 1 aromatic rings. The van der Waals surface area contributed by atoms with Gasteiger partial charge in [0.25, 0.3) is 0 Å². The molecule has 0 radical (unpaired) electrons. The Morgan fingerprint density at radius 2 is 1.94 bits per heavy atom. The lowest BCUT2D eigenvalue weighted by Gasteiger charge is -2.20. The molecule has 0 amide bonds. The fourth-order valence-electron chi connectivity index (χ4n) is 1.75. The first-order chi connectivity index (χ1) is 7.84. The Morgan fingerprint density at radius 1 is 1.29 bits per heavy atom. The number of methoxy groups -OCH3 is 1. The molecule has 1 aromatic carbocycles. The molecule has 0 fully saturated rings. The van der Waals surface area contributed by atoms with Crippen LogP contribution < -0.4 is 0 Å². The van der Waals surface area contributed by atoms with Gasteiger partial charge in [-0.1, -0.05) is 39.0 Å². The maximum atomic E-state index is 11.2. The number of hydrogen-bond acceptors (Lipinski definition) is 2. The molecular weight excluding hydrogens is 212 g/mol. The van der Waals surface area contributed by atoms with E-state index < -0.39 is 0 Å². The summed E-state index contributed by atoms with van der Waals surface area (Å²) in [5.74, 6) is -0.148. The topological polar surface area (TPSA) is 26.3 Å². The van der Waals surface area contributed by atoms with Crippen molar-refractivity contribution in [1.82, 2.24) is 0 Å². The van der Waals surface area contributed by atoms with Gasteiger partial charge in [0.15, 0.2) is 0 Å².